The van der Waals surface area contributed by atoms with Crippen LogP contribution in [0.1, 0.15) is 13.3 Å². The predicted octanol–water partition coefficient (Wildman–Crippen LogP) is -1.27. The quantitative estimate of drug-likeness (QED) is 0.150. The van der Waals surface area contributed by atoms with Crippen LogP contribution in [0, 0.1) is 11.3 Å². The number of aliphatic hydroxyl groups is 1. The summed E-state index contributed by atoms with van der Waals surface area (Å²) >= 11 is 1.38. The number of carbonyl (C=O) groups is 3. The fourth-order valence-electron chi connectivity index (χ4n) is 3.01. The molecule has 3 rings (SSSR count). The number of carbonyl (C=O) groups excluding carboxylic acids is 2. The van der Waals surface area contributed by atoms with E-state index in [0.29, 0.717) is 36.8 Å². The summed E-state index contributed by atoms with van der Waals surface area (Å²) in [5, 5.41) is 30.9. The number of cyclic esters (lactones) is 1. The number of amides is 2. The molecule has 3 heterocycles. The average molecular weight is 404 g/mol. The van der Waals surface area contributed by atoms with Crippen molar-refractivity contribution in [1.82, 2.24) is 15.5 Å². The number of aliphatic carboxylic acids is 1. The lowest BCUT2D eigenvalue weighted by Gasteiger charge is -2.44. The summed E-state index contributed by atoms with van der Waals surface area (Å²) in [5.41, 5.74) is 0.0525. The summed E-state index contributed by atoms with van der Waals surface area (Å²) in [7, 11) is 0. The Morgan fingerprint density at radius 1 is 1.56 bits per heavy atom. The zero-order chi connectivity index (χ0) is 19.3. The molecule has 3 aliphatic heterocycles. The van der Waals surface area contributed by atoms with Gasteiger partial charge in [0.1, 0.15) is 12.3 Å². The van der Waals surface area contributed by atoms with Crippen molar-refractivity contribution in [2.45, 2.75) is 25.5 Å². The maximum atomic E-state index is 11.9. The summed E-state index contributed by atoms with van der Waals surface area (Å²) in [6, 6.07) is -0.230. The van der Waals surface area contributed by atoms with Gasteiger partial charge < -0.3 is 36.0 Å². The number of β-lactam (4-membered cyclic amide) rings is 1. The fourth-order valence-corrected chi connectivity index (χ4v) is 4.09. The molecule has 0 radical (unpaired) electrons. The molecular formula is C15H24N4O7S. The molecule has 0 spiro atoms. The minimum atomic E-state index is -1.10. The van der Waals surface area contributed by atoms with Crippen molar-refractivity contribution in [3.05, 3.63) is 10.6 Å². The highest BCUT2D eigenvalue weighted by molar-refractivity contribution is 8.03. The van der Waals surface area contributed by atoms with Gasteiger partial charge in [-0.15, -0.1) is 11.8 Å². The first-order chi connectivity index (χ1) is 12.4. The third-order valence-electron chi connectivity index (χ3n) is 4.12. The minimum Gasteiger partial charge on any atom is -0.477 e. The maximum absolute atomic E-state index is 11.9. The molecule has 0 saturated carbocycles. The van der Waals surface area contributed by atoms with E-state index in [0.717, 1.165) is 6.34 Å². The van der Waals surface area contributed by atoms with Gasteiger partial charge in [0.2, 0.25) is 5.91 Å². The summed E-state index contributed by atoms with van der Waals surface area (Å²) in [5.74, 6) is -1.29. The Morgan fingerprint density at radius 2 is 2.26 bits per heavy atom. The molecular weight excluding hydrogens is 380 g/mol. The number of thioether (sulfide) groups is 1. The second-order valence-corrected chi connectivity index (χ2v) is 7.02. The van der Waals surface area contributed by atoms with Gasteiger partial charge in [0.15, 0.2) is 0 Å². The number of rotatable bonds is 7. The molecule has 7 N–H and O–H groups in total. The predicted molar refractivity (Wildman–Crippen MR) is 97.3 cm³/mol. The van der Waals surface area contributed by atoms with Crippen molar-refractivity contribution < 1.29 is 34.8 Å². The van der Waals surface area contributed by atoms with Crippen LogP contribution in [-0.4, -0.2) is 82.5 Å². The maximum Gasteiger partial charge on any atom is 0.407 e. The van der Waals surface area contributed by atoms with Crippen LogP contribution in [0.4, 0.5) is 4.79 Å². The van der Waals surface area contributed by atoms with Gasteiger partial charge in [0, 0.05) is 23.6 Å². The molecule has 0 bridgehead atoms. The Hall–Kier alpha value is -2.31. The van der Waals surface area contributed by atoms with Crippen LogP contribution >= 0.6 is 11.8 Å². The second-order valence-electron chi connectivity index (χ2n) is 5.83. The molecule has 27 heavy (non-hydrogen) atoms. The first-order valence-corrected chi connectivity index (χ1v) is 9.10. The number of carboxylic acid groups (broad SMARTS) is 1. The topological polar surface area (TPSA) is 184 Å². The van der Waals surface area contributed by atoms with Gasteiger partial charge in [-0.3, -0.25) is 10.2 Å². The molecule has 0 aromatic carbocycles. The zero-order valence-corrected chi connectivity index (χ0v) is 15.5. The van der Waals surface area contributed by atoms with Gasteiger partial charge in [0.05, 0.1) is 30.9 Å². The van der Waals surface area contributed by atoms with Gasteiger partial charge in [-0.1, -0.05) is 0 Å². The van der Waals surface area contributed by atoms with Gasteiger partial charge in [-0.25, -0.2) is 9.59 Å². The number of hydrogen-bond acceptors (Lipinski definition) is 7. The summed E-state index contributed by atoms with van der Waals surface area (Å²) < 4.78 is 4.40. The molecule has 0 unspecified atom stereocenters. The largest absolute Gasteiger partial charge is 0.477 e. The van der Waals surface area contributed by atoms with Crippen LogP contribution in [0.25, 0.3) is 0 Å². The SMILES string of the molecule is C[C@@H](O)[C@H]1C(=O)N2C(C(=O)O)=C(SCCNC=N)C[C@H]12.O.O=C1NCCO1. The number of hydrogen-bond donors (Lipinski definition) is 5. The highest BCUT2D eigenvalue weighted by Crippen LogP contribution is 2.46. The Morgan fingerprint density at radius 3 is 2.70 bits per heavy atom. The lowest BCUT2D eigenvalue weighted by molar-refractivity contribution is -0.161. The number of ether oxygens (including phenoxy) is 1. The number of nitrogens with one attached hydrogen (secondary N) is 3. The number of aliphatic hydroxyl groups excluding tert-OH is 1. The third-order valence-corrected chi connectivity index (χ3v) is 5.24. The first kappa shape index (κ1) is 22.7. The highest BCUT2D eigenvalue weighted by atomic mass is 32.2. The van der Waals surface area contributed by atoms with Crippen molar-refractivity contribution in [2.75, 3.05) is 25.4 Å². The third kappa shape index (κ3) is 5.11. The average Bonchev–Trinajstić information content (AvgIpc) is 3.17. The Kier molecular flexibility index (Phi) is 8.53. The van der Waals surface area contributed by atoms with Crippen molar-refractivity contribution >= 4 is 36.1 Å². The van der Waals surface area contributed by atoms with Gasteiger partial charge in [-0.05, 0) is 6.92 Å². The second kappa shape index (κ2) is 10.1. The van der Waals surface area contributed by atoms with Gasteiger partial charge in [-0.2, -0.15) is 0 Å². The van der Waals surface area contributed by atoms with E-state index in [1.807, 2.05) is 0 Å². The number of carboxylic acids is 1. The number of alkyl carbamates (subject to hydrolysis) is 1. The molecule has 2 saturated heterocycles. The van der Waals surface area contributed by atoms with Crippen molar-refractivity contribution in [1.29, 1.82) is 5.41 Å². The lowest BCUT2D eigenvalue weighted by atomic mass is 9.83. The van der Waals surface area contributed by atoms with E-state index < -0.39 is 18.0 Å². The van der Waals surface area contributed by atoms with E-state index in [1.54, 1.807) is 6.92 Å². The molecule has 3 aliphatic rings. The standard InChI is InChI=1S/C12H17N3O4S.C3H5NO2.H2O/c1-6(16)9-7-4-8(20-3-2-14-5-13)10(12(18)19)15(7)11(9)17;5-3-4-1-2-6-3;/h5-7,9,16H,2-4H2,1H3,(H2,13,14)(H,18,19);1-2H2,(H,4,5);1H2/t6-,7-,9-;;/m1../s1. The monoisotopic (exact) mass is 404 g/mol. The summed E-state index contributed by atoms with van der Waals surface area (Å²) in [6.07, 6.45) is 0.512. The van der Waals surface area contributed by atoms with E-state index >= 15 is 0 Å². The number of nitrogens with zero attached hydrogens (tertiary/aromatic N) is 1. The van der Waals surface area contributed by atoms with Crippen molar-refractivity contribution in [3.8, 4) is 0 Å². The van der Waals surface area contributed by atoms with Crippen LogP contribution in [0.2, 0.25) is 0 Å². The van der Waals surface area contributed by atoms with Crippen LogP contribution in [0.3, 0.4) is 0 Å². The van der Waals surface area contributed by atoms with Crippen molar-refractivity contribution in [3.63, 3.8) is 0 Å². The molecule has 0 aromatic rings. The van der Waals surface area contributed by atoms with E-state index in [9.17, 15) is 24.6 Å². The van der Waals surface area contributed by atoms with Gasteiger partial charge in [0.25, 0.3) is 0 Å². The highest BCUT2D eigenvalue weighted by Gasteiger charge is 2.56. The van der Waals surface area contributed by atoms with E-state index in [-0.39, 0.29) is 29.2 Å². The normalized spacial score (nSPS) is 23.7. The summed E-state index contributed by atoms with van der Waals surface area (Å²) in [6.45, 7) is 3.31. The molecule has 0 aromatic heterocycles. The lowest BCUT2D eigenvalue weighted by Crippen LogP contribution is -2.61. The van der Waals surface area contributed by atoms with Gasteiger partial charge >= 0.3 is 12.1 Å². The van der Waals surface area contributed by atoms with E-state index in [2.05, 4.69) is 15.4 Å². The molecule has 12 heteroatoms. The van der Waals surface area contributed by atoms with Crippen molar-refractivity contribution in [2.24, 2.45) is 5.92 Å². The van der Waals surface area contributed by atoms with Crippen LogP contribution < -0.4 is 10.6 Å². The molecule has 2 amide bonds. The molecule has 0 aliphatic carbocycles. The van der Waals surface area contributed by atoms with E-state index in [4.69, 9.17) is 5.41 Å². The minimum absolute atomic E-state index is 0. The van der Waals surface area contributed by atoms with Crippen LogP contribution in [0.15, 0.2) is 10.6 Å². The van der Waals surface area contributed by atoms with E-state index in [1.165, 1.54) is 16.7 Å². The number of fused-ring (bicyclic) bond motifs is 1. The first-order valence-electron chi connectivity index (χ1n) is 8.11. The zero-order valence-electron chi connectivity index (χ0n) is 14.7. The Bertz CT molecular complexity index is 617. The Balaban J connectivity index is 0.000000444. The molecule has 152 valence electrons. The Labute approximate surface area is 159 Å². The van der Waals surface area contributed by atoms with Crippen LogP contribution in [-0.2, 0) is 14.3 Å². The molecule has 11 nitrogen and oxygen atoms in total. The summed E-state index contributed by atoms with van der Waals surface area (Å²) in [4.78, 5) is 35.2. The molecule has 3 atom stereocenters. The molecule has 2 fully saturated rings. The fraction of sp³-hybridized carbons (Fsp3) is 0.600. The smallest absolute Gasteiger partial charge is 0.407 e. The van der Waals surface area contributed by atoms with Crippen LogP contribution in [0.5, 0.6) is 0 Å².